The van der Waals surface area contributed by atoms with Gasteiger partial charge >= 0.3 is 0 Å². The first kappa shape index (κ1) is 14.3. The molecule has 0 bridgehead atoms. The Kier molecular flexibility index (Phi) is 3.41. The number of carbonyl (C=O) groups is 1. The maximum Gasteiger partial charge on any atom is 0.270 e. The molecule has 2 heterocycles. The number of rotatable bonds is 2. The second-order valence-corrected chi connectivity index (χ2v) is 5.80. The van der Waals surface area contributed by atoms with Crippen molar-refractivity contribution in [2.45, 2.75) is 9.92 Å². The highest BCUT2D eigenvalue weighted by Crippen LogP contribution is 2.41. The first-order chi connectivity index (χ1) is 10.5. The molecule has 0 radical (unpaired) electrons. The molecule has 1 aliphatic heterocycles. The highest BCUT2D eigenvalue weighted by atomic mass is 32.2. The number of non-ortho nitro benzene ring substituents is 1. The molecule has 1 N–H and O–H groups in total. The number of hydrogen-bond donors (Lipinski definition) is 1. The Morgan fingerprint density at radius 2 is 2.09 bits per heavy atom. The minimum atomic E-state index is -0.526. The molecule has 0 atom stereocenters. The smallest absolute Gasteiger partial charge is 0.270 e. The Labute approximate surface area is 129 Å². The van der Waals surface area contributed by atoms with Gasteiger partial charge in [-0.1, -0.05) is 11.8 Å². The summed E-state index contributed by atoms with van der Waals surface area (Å²) in [6.07, 6.45) is 1.42. The SMILES string of the molecule is CN(C)c1ncnc2c1NC(=O)c1cc([N+](=O)[O-])ccc1S2. The first-order valence-electron chi connectivity index (χ1n) is 6.27. The van der Waals surface area contributed by atoms with Crippen LogP contribution in [0.25, 0.3) is 0 Å². The fourth-order valence-electron chi connectivity index (χ4n) is 2.07. The number of hydrogen-bond acceptors (Lipinski definition) is 7. The zero-order valence-electron chi connectivity index (χ0n) is 11.7. The fourth-order valence-corrected chi connectivity index (χ4v) is 3.02. The number of nitrogens with one attached hydrogen (secondary N) is 1. The number of nitro benzene ring substituents is 1. The maximum atomic E-state index is 12.4. The quantitative estimate of drug-likeness (QED) is 0.514. The van der Waals surface area contributed by atoms with Crippen molar-refractivity contribution in [3.05, 3.63) is 40.2 Å². The van der Waals surface area contributed by atoms with Gasteiger partial charge < -0.3 is 10.2 Å². The van der Waals surface area contributed by atoms with E-state index < -0.39 is 10.8 Å². The largest absolute Gasteiger partial charge is 0.361 e. The van der Waals surface area contributed by atoms with E-state index >= 15 is 0 Å². The summed E-state index contributed by atoms with van der Waals surface area (Å²) in [5.41, 5.74) is 0.627. The average molecular weight is 317 g/mol. The van der Waals surface area contributed by atoms with E-state index in [-0.39, 0.29) is 11.3 Å². The normalized spacial score (nSPS) is 12.7. The van der Waals surface area contributed by atoms with Gasteiger partial charge in [0, 0.05) is 31.1 Å². The van der Waals surface area contributed by atoms with Crippen LogP contribution in [0.4, 0.5) is 17.2 Å². The number of nitro groups is 1. The molecule has 0 saturated carbocycles. The molecule has 0 saturated heterocycles. The van der Waals surface area contributed by atoms with Gasteiger partial charge in [0.05, 0.1) is 10.5 Å². The molecule has 1 aliphatic rings. The molecule has 1 amide bonds. The van der Waals surface area contributed by atoms with E-state index in [1.54, 1.807) is 11.0 Å². The molecule has 0 fully saturated rings. The van der Waals surface area contributed by atoms with Gasteiger partial charge in [0.25, 0.3) is 11.6 Å². The number of nitrogens with zero attached hydrogens (tertiary/aromatic N) is 4. The summed E-state index contributed by atoms with van der Waals surface area (Å²) < 4.78 is 0. The lowest BCUT2D eigenvalue weighted by Crippen LogP contribution is -2.18. The van der Waals surface area contributed by atoms with Crippen LogP contribution in [0.1, 0.15) is 10.4 Å². The molecule has 1 aromatic heterocycles. The van der Waals surface area contributed by atoms with Crippen LogP contribution in [0.2, 0.25) is 0 Å². The second kappa shape index (κ2) is 5.26. The summed E-state index contributed by atoms with van der Waals surface area (Å²) in [7, 11) is 3.62. The van der Waals surface area contributed by atoms with Crippen molar-refractivity contribution in [2.24, 2.45) is 0 Å². The fraction of sp³-hybridized carbons (Fsp3) is 0.154. The molecule has 22 heavy (non-hydrogen) atoms. The van der Waals surface area contributed by atoms with Crippen molar-refractivity contribution in [3.63, 3.8) is 0 Å². The van der Waals surface area contributed by atoms with E-state index in [1.165, 1.54) is 30.2 Å². The van der Waals surface area contributed by atoms with Crippen LogP contribution < -0.4 is 10.2 Å². The van der Waals surface area contributed by atoms with E-state index in [1.807, 2.05) is 14.1 Å². The van der Waals surface area contributed by atoms with Gasteiger partial charge in [0.15, 0.2) is 5.82 Å². The van der Waals surface area contributed by atoms with Crippen LogP contribution in [0.5, 0.6) is 0 Å². The third kappa shape index (κ3) is 2.35. The summed E-state index contributed by atoms with van der Waals surface area (Å²) in [4.78, 5) is 33.5. The number of carbonyl (C=O) groups excluding carboxylic acids is 1. The van der Waals surface area contributed by atoms with Crippen molar-refractivity contribution in [1.29, 1.82) is 0 Å². The van der Waals surface area contributed by atoms with Crippen molar-refractivity contribution in [1.82, 2.24) is 9.97 Å². The molecule has 9 heteroatoms. The van der Waals surface area contributed by atoms with Crippen molar-refractivity contribution in [3.8, 4) is 0 Å². The number of aromatic nitrogens is 2. The number of anilines is 2. The summed E-state index contributed by atoms with van der Waals surface area (Å²) >= 11 is 1.28. The lowest BCUT2D eigenvalue weighted by atomic mass is 10.2. The van der Waals surface area contributed by atoms with Crippen molar-refractivity contribution in [2.75, 3.05) is 24.3 Å². The van der Waals surface area contributed by atoms with E-state index in [0.29, 0.717) is 21.4 Å². The molecular formula is C13H11N5O3S. The van der Waals surface area contributed by atoms with E-state index in [9.17, 15) is 14.9 Å². The van der Waals surface area contributed by atoms with Gasteiger partial charge in [-0.15, -0.1) is 0 Å². The van der Waals surface area contributed by atoms with Gasteiger partial charge in [-0.05, 0) is 6.07 Å². The monoisotopic (exact) mass is 317 g/mol. The van der Waals surface area contributed by atoms with E-state index in [0.717, 1.165) is 0 Å². The minimum absolute atomic E-state index is 0.126. The lowest BCUT2D eigenvalue weighted by molar-refractivity contribution is -0.384. The maximum absolute atomic E-state index is 12.4. The van der Waals surface area contributed by atoms with Gasteiger partial charge in [-0.25, -0.2) is 9.97 Å². The molecule has 0 aliphatic carbocycles. The highest BCUT2D eigenvalue weighted by Gasteiger charge is 2.26. The molecule has 2 aromatic rings. The van der Waals surface area contributed by atoms with E-state index in [4.69, 9.17) is 0 Å². The first-order valence-corrected chi connectivity index (χ1v) is 7.09. The number of fused-ring (bicyclic) bond motifs is 2. The predicted molar refractivity (Wildman–Crippen MR) is 81.5 cm³/mol. The van der Waals surface area contributed by atoms with Crippen LogP contribution >= 0.6 is 11.8 Å². The van der Waals surface area contributed by atoms with Gasteiger partial charge in [-0.2, -0.15) is 0 Å². The predicted octanol–water partition coefficient (Wildman–Crippen LogP) is 2.17. The molecule has 1 aromatic carbocycles. The molecule has 112 valence electrons. The molecular weight excluding hydrogens is 306 g/mol. The number of benzene rings is 1. The van der Waals surface area contributed by atoms with Crippen LogP contribution in [0, 0.1) is 10.1 Å². The Balaban J connectivity index is 2.14. The Morgan fingerprint density at radius 1 is 1.32 bits per heavy atom. The van der Waals surface area contributed by atoms with Gasteiger partial charge in [-0.3, -0.25) is 14.9 Å². The Hall–Kier alpha value is -2.68. The standard InChI is InChI=1S/C13H11N5O3S/c1-17(2)11-10-13(15-6-14-11)22-9-4-3-7(18(20)21)5-8(9)12(19)16-10/h3-6H,1-2H3,(H,16,19). The highest BCUT2D eigenvalue weighted by molar-refractivity contribution is 7.99. The average Bonchev–Trinajstić information content (AvgIpc) is 2.62. The summed E-state index contributed by atoms with van der Waals surface area (Å²) in [6, 6.07) is 4.20. The Bertz CT molecular complexity index is 793. The van der Waals surface area contributed by atoms with Gasteiger partial charge in [0.1, 0.15) is 17.0 Å². The van der Waals surface area contributed by atoms with Gasteiger partial charge in [0.2, 0.25) is 0 Å². The van der Waals surface area contributed by atoms with Crippen LogP contribution in [-0.2, 0) is 0 Å². The molecule has 0 spiro atoms. The number of amides is 1. The van der Waals surface area contributed by atoms with Crippen molar-refractivity contribution >= 4 is 34.9 Å². The molecule has 0 unspecified atom stereocenters. The lowest BCUT2D eigenvalue weighted by Gasteiger charge is -2.16. The van der Waals surface area contributed by atoms with Crippen LogP contribution in [0.15, 0.2) is 34.4 Å². The van der Waals surface area contributed by atoms with Crippen molar-refractivity contribution < 1.29 is 9.72 Å². The zero-order valence-corrected chi connectivity index (χ0v) is 12.5. The van der Waals surface area contributed by atoms with Crippen LogP contribution in [0.3, 0.4) is 0 Å². The topological polar surface area (TPSA) is 101 Å². The minimum Gasteiger partial charge on any atom is -0.361 e. The summed E-state index contributed by atoms with van der Waals surface area (Å²) in [5.74, 6) is 0.163. The van der Waals surface area contributed by atoms with Crippen LogP contribution in [-0.4, -0.2) is 34.9 Å². The summed E-state index contributed by atoms with van der Waals surface area (Å²) in [6.45, 7) is 0. The third-order valence-corrected chi connectivity index (χ3v) is 4.16. The van der Waals surface area contributed by atoms with E-state index in [2.05, 4.69) is 15.3 Å². The summed E-state index contributed by atoms with van der Waals surface area (Å²) in [5, 5.41) is 14.2. The third-order valence-electron chi connectivity index (χ3n) is 3.08. The molecule has 8 nitrogen and oxygen atoms in total. The molecule has 3 rings (SSSR count). The Morgan fingerprint density at radius 3 is 2.77 bits per heavy atom. The second-order valence-electron chi connectivity index (χ2n) is 4.77. The zero-order chi connectivity index (χ0) is 15.9.